The van der Waals surface area contributed by atoms with Crippen molar-refractivity contribution >= 4 is 24.8 Å². The number of nitrogens with two attached hydrogens (primary N) is 2. The summed E-state index contributed by atoms with van der Waals surface area (Å²) < 4.78 is 0. The molecule has 0 aromatic rings. The van der Waals surface area contributed by atoms with Crippen LogP contribution >= 0.6 is 24.8 Å². The van der Waals surface area contributed by atoms with Gasteiger partial charge in [-0.05, 0) is 50.4 Å². The van der Waals surface area contributed by atoms with Gasteiger partial charge in [0.05, 0.1) is 0 Å². The number of halogens is 2. The molecule has 2 aliphatic carbocycles. The number of aliphatic hydroxyl groups excluding tert-OH is 2. The van der Waals surface area contributed by atoms with Crippen LogP contribution in [-0.2, 0) is 0 Å². The summed E-state index contributed by atoms with van der Waals surface area (Å²) in [6, 6.07) is 0.715. The molecule has 6 heteroatoms. The molecule has 0 radical (unpaired) electrons. The molecule has 6 N–H and O–H groups in total. The second-order valence-corrected chi connectivity index (χ2v) is 5.95. The number of aliphatic hydroxyl groups is 2. The van der Waals surface area contributed by atoms with Gasteiger partial charge in [-0.3, -0.25) is 0 Å². The third-order valence-electron chi connectivity index (χ3n) is 4.16. The van der Waals surface area contributed by atoms with Crippen molar-refractivity contribution in [3.8, 4) is 0 Å². The van der Waals surface area contributed by atoms with Crippen LogP contribution in [0.15, 0.2) is 0 Å². The van der Waals surface area contributed by atoms with E-state index in [-0.39, 0.29) is 24.8 Å². The molecule has 0 aromatic carbocycles. The summed E-state index contributed by atoms with van der Waals surface area (Å²) in [4.78, 5) is 0. The normalized spacial score (nSPS) is 33.0. The van der Waals surface area contributed by atoms with Crippen LogP contribution in [0.5, 0.6) is 0 Å². The predicted octanol–water partition coefficient (Wildman–Crippen LogP) is 1.84. The molecule has 2 saturated carbocycles. The topological polar surface area (TPSA) is 92.5 Å². The monoisotopic (exact) mass is 330 g/mol. The van der Waals surface area contributed by atoms with Crippen LogP contribution in [-0.4, -0.2) is 35.5 Å². The minimum atomic E-state index is 0. The predicted molar refractivity (Wildman–Crippen MR) is 88.5 cm³/mol. The van der Waals surface area contributed by atoms with Gasteiger partial charge in [0, 0.05) is 25.3 Å². The molecule has 0 heterocycles. The fourth-order valence-electron chi connectivity index (χ4n) is 3.00. The van der Waals surface area contributed by atoms with E-state index in [1.54, 1.807) is 0 Å². The van der Waals surface area contributed by atoms with Crippen LogP contribution < -0.4 is 11.5 Å². The third-order valence-corrected chi connectivity index (χ3v) is 4.16. The Hall–Kier alpha value is 0.420. The van der Waals surface area contributed by atoms with Crippen LogP contribution in [0.3, 0.4) is 0 Å². The number of hydrogen-bond acceptors (Lipinski definition) is 4. The Balaban J connectivity index is 0. The van der Waals surface area contributed by atoms with Gasteiger partial charge in [-0.25, -0.2) is 0 Å². The lowest BCUT2D eigenvalue weighted by molar-refractivity contribution is 0.180. The van der Waals surface area contributed by atoms with Crippen molar-refractivity contribution in [3.05, 3.63) is 0 Å². The van der Waals surface area contributed by atoms with Crippen LogP contribution in [0.2, 0.25) is 0 Å². The minimum Gasteiger partial charge on any atom is -0.396 e. The van der Waals surface area contributed by atoms with Gasteiger partial charge in [0.1, 0.15) is 0 Å². The first kappa shape index (κ1) is 22.7. The Morgan fingerprint density at radius 2 is 1.05 bits per heavy atom. The summed E-state index contributed by atoms with van der Waals surface area (Å²) in [5.74, 6) is 0.988. The SMILES string of the molecule is Cl.Cl.N[C@@H]1CCC[C@H](CO)C1.N[C@H]1CCC[C@@H](CO)C1. The van der Waals surface area contributed by atoms with Gasteiger partial charge in [-0.2, -0.15) is 0 Å². The molecule has 0 amide bonds. The highest BCUT2D eigenvalue weighted by molar-refractivity contribution is 5.85. The highest BCUT2D eigenvalue weighted by Crippen LogP contribution is 2.22. The molecule has 2 rings (SSSR count). The van der Waals surface area contributed by atoms with Gasteiger partial charge in [-0.1, -0.05) is 12.8 Å². The van der Waals surface area contributed by atoms with Gasteiger partial charge in [0.25, 0.3) is 0 Å². The van der Waals surface area contributed by atoms with E-state index in [0.29, 0.717) is 37.1 Å². The maximum Gasteiger partial charge on any atom is 0.0459 e. The molecule has 0 unspecified atom stereocenters. The van der Waals surface area contributed by atoms with Crippen molar-refractivity contribution in [1.29, 1.82) is 0 Å². The maximum absolute atomic E-state index is 8.75. The lowest BCUT2D eigenvalue weighted by Gasteiger charge is -2.24. The molecule has 0 bridgehead atoms. The second kappa shape index (κ2) is 13.1. The molecule has 4 nitrogen and oxygen atoms in total. The zero-order valence-electron chi connectivity index (χ0n) is 12.2. The van der Waals surface area contributed by atoms with Crippen LogP contribution in [0.1, 0.15) is 51.4 Å². The molecule has 20 heavy (non-hydrogen) atoms. The van der Waals surface area contributed by atoms with Gasteiger partial charge >= 0.3 is 0 Å². The van der Waals surface area contributed by atoms with Crippen molar-refractivity contribution in [3.63, 3.8) is 0 Å². The van der Waals surface area contributed by atoms with Crippen molar-refractivity contribution in [2.45, 2.75) is 63.5 Å². The fourth-order valence-corrected chi connectivity index (χ4v) is 3.00. The average molecular weight is 331 g/mol. The van der Waals surface area contributed by atoms with Crippen molar-refractivity contribution < 1.29 is 10.2 Å². The zero-order chi connectivity index (χ0) is 13.4. The molecule has 0 spiro atoms. The molecular weight excluding hydrogens is 299 g/mol. The fraction of sp³-hybridized carbons (Fsp3) is 1.00. The van der Waals surface area contributed by atoms with E-state index >= 15 is 0 Å². The summed E-state index contributed by atoms with van der Waals surface area (Å²) in [5, 5.41) is 17.5. The Labute approximate surface area is 135 Å². The van der Waals surface area contributed by atoms with E-state index in [1.807, 2.05) is 0 Å². The summed E-state index contributed by atoms with van der Waals surface area (Å²) in [7, 11) is 0. The van der Waals surface area contributed by atoms with Crippen LogP contribution in [0.4, 0.5) is 0 Å². The molecule has 4 atom stereocenters. The Morgan fingerprint density at radius 3 is 1.25 bits per heavy atom. The maximum atomic E-state index is 8.75. The first-order valence-electron chi connectivity index (χ1n) is 7.38. The van der Waals surface area contributed by atoms with E-state index < -0.39 is 0 Å². The smallest absolute Gasteiger partial charge is 0.0459 e. The van der Waals surface area contributed by atoms with E-state index in [2.05, 4.69) is 0 Å². The van der Waals surface area contributed by atoms with Crippen molar-refractivity contribution in [2.24, 2.45) is 23.3 Å². The van der Waals surface area contributed by atoms with Crippen LogP contribution in [0.25, 0.3) is 0 Å². The summed E-state index contributed by atoms with van der Waals surface area (Å²) in [5.41, 5.74) is 11.4. The number of rotatable bonds is 2. The quantitative estimate of drug-likeness (QED) is 0.621. The molecule has 2 aliphatic rings. The third kappa shape index (κ3) is 9.37. The van der Waals surface area contributed by atoms with E-state index in [0.717, 1.165) is 25.7 Å². The Kier molecular flexibility index (Phi) is 14.9. The first-order valence-corrected chi connectivity index (χ1v) is 7.38. The molecular formula is C14H32Cl2N2O2. The molecule has 0 saturated heterocycles. The van der Waals surface area contributed by atoms with E-state index in [4.69, 9.17) is 21.7 Å². The average Bonchev–Trinajstić information content (AvgIpc) is 2.39. The molecule has 0 aromatic heterocycles. The van der Waals surface area contributed by atoms with Gasteiger partial charge in [0.15, 0.2) is 0 Å². The summed E-state index contributed by atoms with van der Waals surface area (Å²) in [6.07, 6.45) is 9.09. The molecule has 0 aliphatic heterocycles. The second-order valence-electron chi connectivity index (χ2n) is 5.95. The Bertz CT molecular complexity index is 201. The van der Waals surface area contributed by atoms with Gasteiger partial charge in [-0.15, -0.1) is 24.8 Å². The molecule has 124 valence electrons. The lowest BCUT2D eigenvalue weighted by atomic mass is 9.87. The van der Waals surface area contributed by atoms with Gasteiger partial charge < -0.3 is 21.7 Å². The van der Waals surface area contributed by atoms with E-state index in [9.17, 15) is 0 Å². The van der Waals surface area contributed by atoms with E-state index in [1.165, 1.54) is 25.7 Å². The Morgan fingerprint density at radius 1 is 0.700 bits per heavy atom. The lowest BCUT2D eigenvalue weighted by Crippen LogP contribution is -2.29. The molecule has 2 fully saturated rings. The largest absolute Gasteiger partial charge is 0.396 e. The summed E-state index contributed by atoms with van der Waals surface area (Å²) >= 11 is 0. The highest BCUT2D eigenvalue weighted by Gasteiger charge is 2.18. The zero-order valence-corrected chi connectivity index (χ0v) is 13.9. The standard InChI is InChI=1S/2C7H15NO.2ClH/c2*8-7-3-1-2-6(4-7)5-9;;/h2*6-7,9H,1-5,8H2;2*1H/t2*6-,7+;;/m10../s1. The van der Waals surface area contributed by atoms with Crippen molar-refractivity contribution in [1.82, 2.24) is 0 Å². The van der Waals surface area contributed by atoms with Crippen molar-refractivity contribution in [2.75, 3.05) is 13.2 Å². The summed E-state index contributed by atoms with van der Waals surface area (Å²) in [6.45, 7) is 0.654. The number of hydrogen-bond donors (Lipinski definition) is 4. The van der Waals surface area contributed by atoms with Gasteiger partial charge in [0.2, 0.25) is 0 Å². The first-order chi connectivity index (χ1) is 8.65. The van der Waals surface area contributed by atoms with Crippen LogP contribution in [0, 0.1) is 11.8 Å². The highest BCUT2D eigenvalue weighted by atomic mass is 35.5. The minimum absolute atomic E-state index is 0.